The lowest BCUT2D eigenvalue weighted by molar-refractivity contribution is -0.156. The van der Waals surface area contributed by atoms with Gasteiger partial charge in [-0.15, -0.1) is 0 Å². The molecule has 8 atom stereocenters. The Hall–Kier alpha value is -4.04. The number of cyclic esters (lactones) is 1. The molecular formula is C38H61N5O9. The number of hydrogen-bond acceptors (Lipinski definition) is 9. The highest BCUT2D eigenvalue weighted by atomic mass is 16.5. The molecule has 14 nitrogen and oxygen atoms in total. The number of unbranched alkanes of at least 4 members (excludes halogenated alkanes) is 4. The lowest BCUT2D eigenvalue weighted by Crippen LogP contribution is -2.62. The molecule has 7 N–H and O–H groups in total. The zero-order valence-corrected chi connectivity index (χ0v) is 31.6. The first-order valence-electron chi connectivity index (χ1n) is 18.7. The van der Waals surface area contributed by atoms with Gasteiger partial charge in [-0.3, -0.25) is 24.0 Å². The van der Waals surface area contributed by atoms with Crippen LogP contribution in [0.3, 0.4) is 0 Å². The number of rotatable bonds is 14. The van der Waals surface area contributed by atoms with E-state index in [1.807, 2.05) is 20.8 Å². The van der Waals surface area contributed by atoms with E-state index >= 15 is 0 Å². The Bertz CT molecular complexity index is 1310. The Morgan fingerprint density at radius 1 is 0.731 bits per heavy atom. The van der Waals surface area contributed by atoms with Crippen molar-refractivity contribution < 1.29 is 43.7 Å². The van der Waals surface area contributed by atoms with Gasteiger partial charge in [0, 0.05) is 6.42 Å². The molecule has 52 heavy (non-hydrogen) atoms. The summed E-state index contributed by atoms with van der Waals surface area (Å²) in [4.78, 5) is 81.7. The van der Waals surface area contributed by atoms with Crippen LogP contribution in [0.1, 0.15) is 105 Å². The predicted molar refractivity (Wildman–Crippen MR) is 195 cm³/mol. The summed E-state index contributed by atoms with van der Waals surface area (Å²) in [6.45, 7) is 9.86. The van der Waals surface area contributed by atoms with E-state index in [9.17, 15) is 39.0 Å². The van der Waals surface area contributed by atoms with Gasteiger partial charge in [0.15, 0.2) is 0 Å². The van der Waals surface area contributed by atoms with Crippen molar-refractivity contribution in [1.29, 1.82) is 0 Å². The number of ether oxygens (including phenoxy) is 1. The van der Waals surface area contributed by atoms with Crippen molar-refractivity contribution in [2.75, 3.05) is 6.61 Å². The first-order valence-corrected chi connectivity index (χ1v) is 18.7. The van der Waals surface area contributed by atoms with Gasteiger partial charge in [-0.25, -0.2) is 4.79 Å². The van der Waals surface area contributed by atoms with Crippen molar-refractivity contribution in [2.45, 2.75) is 148 Å². The smallest absolute Gasteiger partial charge is 0.329 e. The van der Waals surface area contributed by atoms with Gasteiger partial charge in [0.2, 0.25) is 29.5 Å². The summed E-state index contributed by atoms with van der Waals surface area (Å²) in [5.74, 6) is -5.04. The molecule has 1 aromatic carbocycles. The first-order chi connectivity index (χ1) is 24.7. The van der Waals surface area contributed by atoms with Gasteiger partial charge in [-0.05, 0) is 43.6 Å². The second-order valence-corrected chi connectivity index (χ2v) is 14.3. The van der Waals surface area contributed by atoms with Gasteiger partial charge in [-0.2, -0.15) is 0 Å². The summed E-state index contributed by atoms with van der Waals surface area (Å²) in [5, 5.41) is 33.6. The molecule has 0 saturated carbocycles. The number of carbonyl (C=O) groups excluding carboxylic acids is 6. The Morgan fingerprint density at radius 2 is 1.33 bits per heavy atom. The van der Waals surface area contributed by atoms with E-state index in [0.29, 0.717) is 24.8 Å². The molecule has 0 aromatic heterocycles. The molecule has 0 spiro atoms. The van der Waals surface area contributed by atoms with E-state index < -0.39 is 90.4 Å². The van der Waals surface area contributed by atoms with Gasteiger partial charge in [0.1, 0.15) is 36.3 Å². The molecule has 8 unspecified atom stereocenters. The van der Waals surface area contributed by atoms with E-state index in [0.717, 1.165) is 25.7 Å². The summed E-state index contributed by atoms with van der Waals surface area (Å²) in [6.07, 6.45) is 3.15. The van der Waals surface area contributed by atoms with Crippen LogP contribution in [0.5, 0.6) is 0 Å². The molecule has 292 valence electrons. The summed E-state index contributed by atoms with van der Waals surface area (Å²) in [6, 6.07) is 2.26. The van der Waals surface area contributed by atoms with Gasteiger partial charge in [0.05, 0.1) is 19.1 Å². The maximum atomic E-state index is 14.0. The lowest BCUT2D eigenvalue weighted by Gasteiger charge is -2.29. The predicted octanol–water partition coefficient (Wildman–Crippen LogP) is 1.79. The fraction of sp³-hybridized carbons (Fsp3) is 0.684. The van der Waals surface area contributed by atoms with Gasteiger partial charge in [0.25, 0.3) is 0 Å². The van der Waals surface area contributed by atoms with Crippen molar-refractivity contribution >= 4 is 35.5 Å². The third kappa shape index (κ3) is 14.9. The summed E-state index contributed by atoms with van der Waals surface area (Å²) in [5.41, 5.74) is 0.690. The summed E-state index contributed by atoms with van der Waals surface area (Å²) >= 11 is 0. The normalized spacial score (nSPS) is 25.6. The van der Waals surface area contributed by atoms with E-state index in [2.05, 4.69) is 33.5 Å². The maximum Gasteiger partial charge on any atom is 0.329 e. The Balaban J connectivity index is 2.60. The number of hydrogen-bond donors (Lipinski definition) is 7. The van der Waals surface area contributed by atoms with Crippen molar-refractivity contribution in [3.63, 3.8) is 0 Å². The van der Waals surface area contributed by atoms with Gasteiger partial charge < -0.3 is 41.5 Å². The fourth-order valence-corrected chi connectivity index (χ4v) is 5.95. The Kier molecular flexibility index (Phi) is 19.3. The fourth-order valence-electron chi connectivity index (χ4n) is 5.95. The second kappa shape index (κ2) is 22.8. The molecular weight excluding hydrogens is 670 g/mol. The third-order valence-electron chi connectivity index (χ3n) is 9.24. The van der Waals surface area contributed by atoms with Crippen LogP contribution in [-0.2, 0) is 39.9 Å². The van der Waals surface area contributed by atoms with Crippen LogP contribution in [0, 0.1) is 11.8 Å². The van der Waals surface area contributed by atoms with E-state index in [1.54, 1.807) is 37.3 Å². The third-order valence-corrected chi connectivity index (χ3v) is 9.24. The monoisotopic (exact) mass is 731 g/mol. The molecule has 0 aliphatic carbocycles. The first kappa shape index (κ1) is 44.1. The van der Waals surface area contributed by atoms with E-state index in [-0.39, 0.29) is 25.2 Å². The Labute approximate surface area is 308 Å². The highest BCUT2D eigenvalue weighted by molar-refractivity contribution is 5.96. The lowest BCUT2D eigenvalue weighted by atomic mass is 9.97. The average Bonchev–Trinajstić information content (AvgIpc) is 3.09. The highest BCUT2D eigenvalue weighted by Crippen LogP contribution is 2.18. The molecule has 0 bridgehead atoms. The largest absolute Gasteiger partial charge is 0.460 e. The molecule has 0 radical (unpaired) electrons. The highest BCUT2D eigenvalue weighted by Gasteiger charge is 2.36. The number of benzene rings is 1. The minimum absolute atomic E-state index is 0.00822. The van der Waals surface area contributed by atoms with E-state index in [4.69, 9.17) is 4.74 Å². The van der Waals surface area contributed by atoms with Crippen LogP contribution in [0.2, 0.25) is 0 Å². The van der Waals surface area contributed by atoms with E-state index in [1.165, 1.54) is 6.92 Å². The molecule has 1 aromatic rings. The van der Waals surface area contributed by atoms with Crippen molar-refractivity contribution in [3.8, 4) is 0 Å². The molecule has 1 heterocycles. The number of aliphatic hydroxyl groups excluding tert-OH is 2. The summed E-state index contributed by atoms with van der Waals surface area (Å²) in [7, 11) is 0. The van der Waals surface area contributed by atoms with Crippen molar-refractivity contribution in [3.05, 3.63) is 35.9 Å². The van der Waals surface area contributed by atoms with Crippen LogP contribution in [0.4, 0.5) is 0 Å². The summed E-state index contributed by atoms with van der Waals surface area (Å²) < 4.78 is 5.97. The molecule has 1 saturated heterocycles. The number of amides is 5. The van der Waals surface area contributed by atoms with Crippen LogP contribution in [0.15, 0.2) is 30.3 Å². The molecule has 14 heteroatoms. The van der Waals surface area contributed by atoms with Crippen molar-refractivity contribution in [1.82, 2.24) is 26.6 Å². The molecule has 5 amide bonds. The maximum absolute atomic E-state index is 14.0. The Morgan fingerprint density at radius 3 is 1.92 bits per heavy atom. The quantitative estimate of drug-likeness (QED) is 0.110. The van der Waals surface area contributed by atoms with Crippen LogP contribution in [0.25, 0.3) is 0 Å². The molecule has 1 aliphatic rings. The number of nitrogens with one attached hydrogen (secondary N) is 5. The van der Waals surface area contributed by atoms with Crippen LogP contribution >= 0.6 is 0 Å². The standard InChI is InChI=1S/C38H61N5O9/c1-7-9-10-11-15-18-27-21-31(46)39-28(19-23(3)4)34(47)41-30(22-44)36(49)43-33(25(6)45)37(50)40-29(20-26-16-13-12-14-17-26)35(48)42-32(24(5)8-2)38(51)52-27/h12-14,16-17,23-25,27-30,32-33,44-45H,7-11,15,18-22H2,1-6H3,(H,39,46)(H,40,50)(H,41,47)(H,42,48)(H,43,49). The zero-order valence-electron chi connectivity index (χ0n) is 31.6. The number of aliphatic hydroxyl groups is 2. The average molecular weight is 732 g/mol. The van der Waals surface area contributed by atoms with Gasteiger partial charge in [-0.1, -0.05) is 97.1 Å². The molecule has 2 rings (SSSR count). The van der Waals surface area contributed by atoms with Gasteiger partial charge >= 0.3 is 5.97 Å². The molecule has 1 aliphatic heterocycles. The molecule has 1 fully saturated rings. The topological polar surface area (TPSA) is 212 Å². The van der Waals surface area contributed by atoms with Crippen LogP contribution in [-0.4, -0.2) is 94.7 Å². The van der Waals surface area contributed by atoms with Crippen LogP contribution < -0.4 is 26.6 Å². The minimum atomic E-state index is -1.59. The SMILES string of the molecule is CCCCCCCC1CC(=O)NC(CC(C)C)C(=O)NC(CO)C(=O)NC(C(C)O)C(=O)NC(Cc2ccccc2)C(=O)NC(C(C)CC)C(=O)O1. The number of carbonyl (C=O) groups is 6. The second-order valence-electron chi connectivity index (χ2n) is 14.3. The minimum Gasteiger partial charge on any atom is -0.460 e. The zero-order chi connectivity index (χ0) is 38.8. The number of esters is 1. The van der Waals surface area contributed by atoms with Crippen molar-refractivity contribution in [2.24, 2.45) is 11.8 Å².